The monoisotopic (exact) mass is 446 g/mol. The molecule has 0 aliphatic heterocycles. The van der Waals surface area contributed by atoms with Crippen LogP contribution in [0.2, 0.25) is 0 Å². The number of hydrogen-bond acceptors (Lipinski definition) is 4. The minimum absolute atomic E-state index is 0.219. The molecule has 2 aromatic carbocycles. The maximum absolute atomic E-state index is 12.9. The summed E-state index contributed by atoms with van der Waals surface area (Å²) in [6.07, 6.45) is 1.85. The standard InChI is InChI=1S/C24H34N2O4S/c1-17(2)15-23(20-9-13-22(30-5)14-10-20)25-24(27)16-26(31(6,28)29)21-11-7-19(8-12-21)18(3)4/h7-14,17-18,23H,15-16H2,1-6H3,(H,25,27)/t23-/m1/s1. The highest BCUT2D eigenvalue weighted by Crippen LogP contribution is 2.25. The summed E-state index contributed by atoms with van der Waals surface area (Å²) in [5.41, 5.74) is 2.54. The van der Waals surface area contributed by atoms with Gasteiger partial charge >= 0.3 is 0 Å². The number of rotatable bonds is 10. The molecular formula is C24H34N2O4S. The lowest BCUT2D eigenvalue weighted by molar-refractivity contribution is -0.120. The van der Waals surface area contributed by atoms with Gasteiger partial charge in [0.1, 0.15) is 12.3 Å². The van der Waals surface area contributed by atoms with Crippen molar-refractivity contribution in [2.24, 2.45) is 5.92 Å². The van der Waals surface area contributed by atoms with Crippen molar-refractivity contribution >= 4 is 21.6 Å². The molecule has 0 radical (unpaired) electrons. The molecule has 0 unspecified atom stereocenters. The maximum atomic E-state index is 12.9. The number of sulfonamides is 1. The van der Waals surface area contributed by atoms with E-state index in [9.17, 15) is 13.2 Å². The fourth-order valence-electron chi connectivity index (χ4n) is 3.38. The number of carbonyl (C=O) groups is 1. The van der Waals surface area contributed by atoms with Gasteiger partial charge < -0.3 is 10.1 Å². The number of hydrogen-bond donors (Lipinski definition) is 1. The van der Waals surface area contributed by atoms with Crippen LogP contribution in [-0.2, 0) is 14.8 Å². The van der Waals surface area contributed by atoms with Crippen molar-refractivity contribution in [1.82, 2.24) is 5.32 Å². The molecule has 0 fully saturated rings. The Bertz CT molecular complexity index is 952. The molecule has 0 heterocycles. The highest BCUT2D eigenvalue weighted by molar-refractivity contribution is 7.92. The first-order valence-corrected chi connectivity index (χ1v) is 12.4. The van der Waals surface area contributed by atoms with E-state index in [1.54, 1.807) is 19.2 Å². The fourth-order valence-corrected chi connectivity index (χ4v) is 4.24. The van der Waals surface area contributed by atoms with Gasteiger partial charge in [0.25, 0.3) is 0 Å². The third kappa shape index (κ3) is 7.28. The van der Waals surface area contributed by atoms with Crippen molar-refractivity contribution < 1.29 is 17.9 Å². The Balaban J connectivity index is 2.22. The summed E-state index contributed by atoms with van der Waals surface area (Å²) in [6, 6.07) is 14.6. The largest absolute Gasteiger partial charge is 0.497 e. The number of methoxy groups -OCH3 is 1. The molecule has 0 saturated carbocycles. The van der Waals surface area contributed by atoms with Crippen molar-refractivity contribution in [3.63, 3.8) is 0 Å². The third-order valence-corrected chi connectivity index (χ3v) is 6.24. The lowest BCUT2D eigenvalue weighted by Crippen LogP contribution is -2.41. The van der Waals surface area contributed by atoms with Crippen molar-refractivity contribution in [2.75, 3.05) is 24.2 Å². The van der Waals surface area contributed by atoms with E-state index >= 15 is 0 Å². The molecule has 7 heteroatoms. The Kier molecular flexibility index (Phi) is 8.51. The van der Waals surface area contributed by atoms with Crippen LogP contribution in [0.25, 0.3) is 0 Å². The van der Waals surface area contributed by atoms with Gasteiger partial charge in [0, 0.05) is 0 Å². The number of amides is 1. The Morgan fingerprint density at radius 3 is 1.97 bits per heavy atom. The van der Waals surface area contributed by atoms with Gasteiger partial charge in [0.15, 0.2) is 0 Å². The SMILES string of the molecule is COc1ccc([C@@H](CC(C)C)NC(=O)CN(c2ccc(C(C)C)cc2)S(C)(=O)=O)cc1. The van der Waals surface area contributed by atoms with E-state index in [2.05, 4.69) is 33.0 Å². The van der Waals surface area contributed by atoms with Gasteiger partial charge in [-0.3, -0.25) is 9.10 Å². The summed E-state index contributed by atoms with van der Waals surface area (Å²) >= 11 is 0. The summed E-state index contributed by atoms with van der Waals surface area (Å²) in [4.78, 5) is 12.9. The zero-order valence-corrected chi connectivity index (χ0v) is 20.1. The number of anilines is 1. The highest BCUT2D eigenvalue weighted by atomic mass is 32.2. The highest BCUT2D eigenvalue weighted by Gasteiger charge is 2.23. The smallest absolute Gasteiger partial charge is 0.241 e. The van der Waals surface area contributed by atoms with Crippen LogP contribution in [-0.4, -0.2) is 34.2 Å². The zero-order valence-electron chi connectivity index (χ0n) is 19.3. The molecule has 0 spiro atoms. The van der Waals surface area contributed by atoms with E-state index in [1.807, 2.05) is 36.4 Å². The van der Waals surface area contributed by atoms with E-state index in [0.717, 1.165) is 33.9 Å². The van der Waals surface area contributed by atoms with Crippen LogP contribution in [0.3, 0.4) is 0 Å². The molecule has 1 amide bonds. The Hall–Kier alpha value is -2.54. The van der Waals surface area contributed by atoms with Gasteiger partial charge in [0.05, 0.1) is 25.1 Å². The minimum atomic E-state index is -3.62. The molecule has 1 atom stereocenters. The van der Waals surface area contributed by atoms with E-state index in [-0.39, 0.29) is 18.5 Å². The second-order valence-electron chi connectivity index (χ2n) is 8.54. The van der Waals surface area contributed by atoms with E-state index in [1.165, 1.54) is 0 Å². The molecule has 31 heavy (non-hydrogen) atoms. The first-order valence-electron chi connectivity index (χ1n) is 10.5. The second kappa shape index (κ2) is 10.7. The summed E-state index contributed by atoms with van der Waals surface area (Å²) in [5, 5.41) is 3.02. The van der Waals surface area contributed by atoms with Crippen LogP contribution < -0.4 is 14.4 Å². The van der Waals surface area contributed by atoms with Gasteiger partial charge in [-0.2, -0.15) is 0 Å². The minimum Gasteiger partial charge on any atom is -0.497 e. The summed E-state index contributed by atoms with van der Waals surface area (Å²) in [5.74, 6) is 1.08. The molecule has 0 saturated heterocycles. The summed E-state index contributed by atoms with van der Waals surface area (Å²) < 4.78 is 31.2. The lowest BCUT2D eigenvalue weighted by atomic mass is 9.97. The number of nitrogens with zero attached hydrogens (tertiary/aromatic N) is 1. The molecule has 170 valence electrons. The van der Waals surface area contributed by atoms with Crippen LogP contribution in [0, 0.1) is 5.92 Å². The topological polar surface area (TPSA) is 75.7 Å². The predicted molar refractivity (Wildman–Crippen MR) is 126 cm³/mol. The van der Waals surface area contributed by atoms with Crippen molar-refractivity contribution in [3.05, 3.63) is 59.7 Å². The molecule has 1 N–H and O–H groups in total. The molecule has 0 aromatic heterocycles. The predicted octanol–water partition coefficient (Wildman–Crippen LogP) is 4.49. The van der Waals surface area contributed by atoms with Gasteiger partial charge in [-0.05, 0) is 53.6 Å². The van der Waals surface area contributed by atoms with Crippen molar-refractivity contribution in [1.29, 1.82) is 0 Å². The molecule has 2 aromatic rings. The van der Waals surface area contributed by atoms with Gasteiger partial charge in [-0.25, -0.2) is 8.42 Å². The average molecular weight is 447 g/mol. The lowest BCUT2D eigenvalue weighted by Gasteiger charge is -2.25. The average Bonchev–Trinajstić information content (AvgIpc) is 2.70. The van der Waals surface area contributed by atoms with Crippen LogP contribution >= 0.6 is 0 Å². The van der Waals surface area contributed by atoms with Crippen molar-refractivity contribution in [2.45, 2.75) is 46.1 Å². The Morgan fingerprint density at radius 2 is 1.52 bits per heavy atom. The molecule has 6 nitrogen and oxygen atoms in total. The van der Waals surface area contributed by atoms with E-state index < -0.39 is 10.0 Å². The first kappa shape index (κ1) is 24.7. The molecule has 0 aliphatic carbocycles. The van der Waals surface area contributed by atoms with Gasteiger partial charge in [-0.1, -0.05) is 52.0 Å². The third-order valence-electron chi connectivity index (χ3n) is 5.10. The fraction of sp³-hybridized carbons (Fsp3) is 0.458. The number of benzene rings is 2. The second-order valence-corrected chi connectivity index (χ2v) is 10.4. The zero-order chi connectivity index (χ0) is 23.2. The number of carbonyl (C=O) groups excluding carboxylic acids is 1. The van der Waals surface area contributed by atoms with Crippen molar-refractivity contribution in [3.8, 4) is 5.75 Å². The maximum Gasteiger partial charge on any atom is 0.241 e. The Morgan fingerprint density at radius 1 is 0.968 bits per heavy atom. The quantitative estimate of drug-likeness (QED) is 0.583. The van der Waals surface area contributed by atoms with Crippen LogP contribution in [0.1, 0.15) is 57.2 Å². The number of ether oxygens (including phenoxy) is 1. The van der Waals surface area contributed by atoms with Crippen LogP contribution in [0.5, 0.6) is 5.75 Å². The summed E-state index contributed by atoms with van der Waals surface area (Å²) in [7, 11) is -2.02. The van der Waals surface area contributed by atoms with Gasteiger partial charge in [0.2, 0.25) is 15.9 Å². The molecule has 2 rings (SSSR count). The molecule has 0 bridgehead atoms. The van der Waals surface area contributed by atoms with Crippen LogP contribution in [0.15, 0.2) is 48.5 Å². The normalized spacial score (nSPS) is 12.6. The summed E-state index contributed by atoms with van der Waals surface area (Å²) in [6.45, 7) is 8.05. The van der Waals surface area contributed by atoms with E-state index in [4.69, 9.17) is 4.74 Å². The molecular weight excluding hydrogens is 412 g/mol. The van der Waals surface area contributed by atoms with E-state index in [0.29, 0.717) is 17.5 Å². The van der Waals surface area contributed by atoms with Gasteiger partial charge in [-0.15, -0.1) is 0 Å². The first-order chi connectivity index (χ1) is 14.5. The molecule has 0 aliphatic rings. The number of nitrogens with one attached hydrogen (secondary N) is 1. The Labute approximate surface area is 186 Å². The van der Waals surface area contributed by atoms with Crippen LogP contribution in [0.4, 0.5) is 5.69 Å².